The summed E-state index contributed by atoms with van der Waals surface area (Å²) in [6, 6.07) is -0.139. The number of rotatable bonds is 4. The number of carbonyl (C=O) groups excluding carboxylic acids is 1. The summed E-state index contributed by atoms with van der Waals surface area (Å²) < 4.78 is 4.99. The maximum Gasteiger partial charge on any atom is 0.317 e. The Bertz CT molecular complexity index is 696. The Morgan fingerprint density at radius 3 is 3.00 bits per heavy atom. The van der Waals surface area contributed by atoms with Gasteiger partial charge >= 0.3 is 6.03 Å². The van der Waals surface area contributed by atoms with Crippen molar-refractivity contribution in [3.05, 3.63) is 27.3 Å². The van der Waals surface area contributed by atoms with E-state index >= 15 is 0 Å². The van der Waals surface area contributed by atoms with E-state index in [0.717, 1.165) is 24.3 Å². The topological polar surface area (TPSA) is 84.2 Å². The van der Waals surface area contributed by atoms with Crippen LogP contribution in [-0.4, -0.2) is 39.6 Å². The van der Waals surface area contributed by atoms with Crippen LogP contribution in [0.25, 0.3) is 0 Å². The van der Waals surface area contributed by atoms with Gasteiger partial charge in [0.15, 0.2) is 5.82 Å². The molecular weight excluding hydrogens is 314 g/mol. The van der Waals surface area contributed by atoms with Crippen LogP contribution in [0.4, 0.5) is 4.79 Å². The van der Waals surface area contributed by atoms with E-state index in [1.165, 1.54) is 10.6 Å². The number of thiazole rings is 1. The fourth-order valence-corrected chi connectivity index (χ4v) is 3.98. The van der Waals surface area contributed by atoms with Crippen LogP contribution >= 0.6 is 11.3 Å². The zero-order valence-corrected chi connectivity index (χ0v) is 14.4. The summed E-state index contributed by atoms with van der Waals surface area (Å²) >= 11 is 1.78. The first-order chi connectivity index (χ1) is 11.0. The second kappa shape index (κ2) is 6.66. The van der Waals surface area contributed by atoms with Gasteiger partial charge in [-0.05, 0) is 33.1 Å². The summed E-state index contributed by atoms with van der Waals surface area (Å²) in [4.78, 5) is 24.0. The first-order valence-corrected chi connectivity index (χ1v) is 8.59. The van der Waals surface area contributed by atoms with E-state index in [0.29, 0.717) is 24.2 Å². The van der Waals surface area contributed by atoms with Crippen molar-refractivity contribution in [3.8, 4) is 0 Å². The van der Waals surface area contributed by atoms with Crippen LogP contribution < -0.4 is 5.32 Å². The normalized spacial score (nSPS) is 16.9. The number of urea groups is 1. The molecule has 0 radical (unpaired) electrons. The SMILES string of the molecule is Cc1noc(CNC(=O)N(C)C[C@@H]2CCCc3sc(C)nc32)n1. The first kappa shape index (κ1) is 15.9. The first-order valence-electron chi connectivity index (χ1n) is 7.77. The standard InChI is InChI=1S/C15H21N5O2S/c1-9-17-13(22-19-9)7-16-15(21)20(3)8-11-5-4-6-12-14(11)18-10(2)23-12/h11H,4-8H2,1-3H3,(H,16,21)/t11-/m0/s1. The summed E-state index contributed by atoms with van der Waals surface area (Å²) in [6.45, 7) is 4.71. The Labute approximate surface area is 139 Å². The van der Waals surface area contributed by atoms with E-state index in [4.69, 9.17) is 4.52 Å². The van der Waals surface area contributed by atoms with Gasteiger partial charge in [0.25, 0.3) is 0 Å². The van der Waals surface area contributed by atoms with Crippen molar-refractivity contribution in [2.45, 2.75) is 45.6 Å². The number of nitrogens with one attached hydrogen (secondary N) is 1. The Morgan fingerprint density at radius 1 is 1.43 bits per heavy atom. The quantitative estimate of drug-likeness (QED) is 0.927. The molecule has 0 saturated carbocycles. The third kappa shape index (κ3) is 3.69. The van der Waals surface area contributed by atoms with Gasteiger partial charge in [-0.3, -0.25) is 0 Å². The van der Waals surface area contributed by atoms with Gasteiger partial charge in [-0.2, -0.15) is 4.98 Å². The number of hydrogen-bond donors (Lipinski definition) is 1. The Morgan fingerprint density at radius 2 is 2.26 bits per heavy atom. The monoisotopic (exact) mass is 335 g/mol. The van der Waals surface area contributed by atoms with Crippen molar-refractivity contribution in [2.24, 2.45) is 0 Å². The number of nitrogens with zero attached hydrogens (tertiary/aromatic N) is 4. The molecule has 0 bridgehead atoms. The second-order valence-corrected chi connectivity index (χ2v) is 7.19. The van der Waals surface area contributed by atoms with Crippen LogP contribution in [0.15, 0.2) is 4.52 Å². The minimum atomic E-state index is -0.139. The van der Waals surface area contributed by atoms with E-state index in [1.54, 1.807) is 23.2 Å². The van der Waals surface area contributed by atoms with Crippen molar-refractivity contribution in [3.63, 3.8) is 0 Å². The molecule has 0 fully saturated rings. The van der Waals surface area contributed by atoms with Gasteiger partial charge in [0.1, 0.15) is 0 Å². The average molecular weight is 335 g/mol. The van der Waals surface area contributed by atoms with E-state index in [2.05, 4.69) is 20.4 Å². The summed E-state index contributed by atoms with van der Waals surface area (Å²) in [5, 5.41) is 7.62. The van der Waals surface area contributed by atoms with Crippen molar-refractivity contribution >= 4 is 17.4 Å². The molecule has 1 aliphatic carbocycles. The maximum absolute atomic E-state index is 12.2. The lowest BCUT2D eigenvalue weighted by molar-refractivity contribution is 0.202. The molecule has 2 aromatic heterocycles. The van der Waals surface area contributed by atoms with Gasteiger partial charge in [0.2, 0.25) is 5.89 Å². The molecule has 0 aromatic carbocycles. The molecule has 3 rings (SSSR count). The zero-order valence-electron chi connectivity index (χ0n) is 13.6. The minimum absolute atomic E-state index is 0.139. The molecule has 2 amide bonds. The number of aromatic nitrogens is 3. The molecule has 124 valence electrons. The molecule has 1 aliphatic rings. The lowest BCUT2D eigenvalue weighted by Gasteiger charge is -2.26. The summed E-state index contributed by atoms with van der Waals surface area (Å²) in [5.74, 6) is 1.31. The van der Waals surface area contributed by atoms with Crippen molar-refractivity contribution < 1.29 is 9.32 Å². The van der Waals surface area contributed by atoms with Gasteiger partial charge < -0.3 is 14.7 Å². The number of fused-ring (bicyclic) bond motifs is 1. The van der Waals surface area contributed by atoms with E-state index in [9.17, 15) is 4.79 Å². The van der Waals surface area contributed by atoms with E-state index in [1.807, 2.05) is 14.0 Å². The highest BCUT2D eigenvalue weighted by molar-refractivity contribution is 7.11. The van der Waals surface area contributed by atoms with Crippen LogP contribution in [0.1, 0.15) is 46.1 Å². The number of amides is 2. The zero-order chi connectivity index (χ0) is 16.4. The number of carbonyl (C=O) groups is 1. The maximum atomic E-state index is 12.2. The van der Waals surface area contributed by atoms with Crippen molar-refractivity contribution in [1.29, 1.82) is 0 Å². The molecule has 23 heavy (non-hydrogen) atoms. The predicted octanol–water partition coefficient (Wildman–Crippen LogP) is 2.40. The second-order valence-electron chi connectivity index (χ2n) is 5.91. The van der Waals surface area contributed by atoms with Gasteiger partial charge in [-0.25, -0.2) is 9.78 Å². The van der Waals surface area contributed by atoms with Crippen molar-refractivity contribution in [1.82, 2.24) is 25.3 Å². The largest absolute Gasteiger partial charge is 0.337 e. The molecule has 2 aromatic rings. The average Bonchev–Trinajstić information content (AvgIpc) is 3.10. The number of aryl methyl sites for hydroxylation is 3. The highest BCUT2D eigenvalue weighted by atomic mass is 32.1. The fraction of sp³-hybridized carbons (Fsp3) is 0.600. The minimum Gasteiger partial charge on any atom is -0.337 e. The molecule has 0 saturated heterocycles. The molecule has 1 N–H and O–H groups in total. The molecule has 7 nitrogen and oxygen atoms in total. The van der Waals surface area contributed by atoms with Crippen LogP contribution in [0, 0.1) is 13.8 Å². The summed E-state index contributed by atoms with van der Waals surface area (Å²) in [5.41, 5.74) is 1.19. The van der Waals surface area contributed by atoms with Crippen LogP contribution in [0.3, 0.4) is 0 Å². The third-order valence-electron chi connectivity index (χ3n) is 3.98. The highest BCUT2D eigenvalue weighted by Gasteiger charge is 2.26. The smallest absolute Gasteiger partial charge is 0.317 e. The lowest BCUT2D eigenvalue weighted by Crippen LogP contribution is -2.39. The number of hydrogen-bond acceptors (Lipinski definition) is 6. The summed E-state index contributed by atoms with van der Waals surface area (Å²) in [6.07, 6.45) is 3.36. The lowest BCUT2D eigenvalue weighted by atomic mass is 9.91. The fourth-order valence-electron chi connectivity index (χ4n) is 2.92. The molecule has 0 unspecified atom stereocenters. The van der Waals surface area contributed by atoms with Gasteiger partial charge in [0.05, 0.1) is 17.2 Å². The molecule has 8 heteroatoms. The van der Waals surface area contributed by atoms with Crippen LogP contribution in [0.5, 0.6) is 0 Å². The Hall–Kier alpha value is -1.96. The predicted molar refractivity (Wildman–Crippen MR) is 86.4 cm³/mol. The molecule has 0 spiro atoms. The van der Waals surface area contributed by atoms with Crippen LogP contribution in [0.2, 0.25) is 0 Å². The van der Waals surface area contributed by atoms with E-state index < -0.39 is 0 Å². The van der Waals surface area contributed by atoms with Gasteiger partial charge in [-0.15, -0.1) is 11.3 Å². The Kier molecular flexibility index (Phi) is 4.61. The van der Waals surface area contributed by atoms with Crippen molar-refractivity contribution in [2.75, 3.05) is 13.6 Å². The highest BCUT2D eigenvalue weighted by Crippen LogP contribution is 2.34. The number of likely N-dealkylation sites (N-methyl/N-ethyl adjacent to an activating group) is 1. The van der Waals surface area contributed by atoms with Gasteiger partial charge in [-0.1, -0.05) is 5.16 Å². The molecule has 2 heterocycles. The molecule has 1 atom stereocenters. The van der Waals surface area contributed by atoms with Gasteiger partial charge in [0, 0.05) is 24.4 Å². The molecular formula is C15H21N5O2S. The molecule has 0 aliphatic heterocycles. The van der Waals surface area contributed by atoms with Crippen LogP contribution in [-0.2, 0) is 13.0 Å². The summed E-state index contributed by atoms with van der Waals surface area (Å²) in [7, 11) is 1.81. The third-order valence-corrected chi connectivity index (χ3v) is 5.03. The Balaban J connectivity index is 1.56. The van der Waals surface area contributed by atoms with E-state index in [-0.39, 0.29) is 12.6 Å².